The molecule has 0 atom stereocenters. The standard InChI is InChI=1S/C23H23N5O2/c1-16-9-6-7-12-18(16)26-13-8-14-27-19-20(24-22(26)27)25(2)23(30)28(21(19)29)15-17-10-4-3-5-11-17/h3-7,9-12H,8,13-15H2,1-2H3. The summed E-state index contributed by atoms with van der Waals surface area (Å²) >= 11 is 0. The number of anilines is 2. The molecule has 0 aliphatic carbocycles. The van der Waals surface area contributed by atoms with Crippen LogP contribution >= 0.6 is 0 Å². The highest BCUT2D eigenvalue weighted by Crippen LogP contribution is 2.32. The molecular formula is C23H23N5O2. The van der Waals surface area contributed by atoms with Gasteiger partial charge in [0.1, 0.15) is 0 Å². The quantitative estimate of drug-likeness (QED) is 0.530. The molecule has 0 bridgehead atoms. The first-order chi connectivity index (χ1) is 14.6. The van der Waals surface area contributed by atoms with E-state index in [4.69, 9.17) is 4.98 Å². The number of hydrogen-bond acceptors (Lipinski definition) is 4. The highest BCUT2D eigenvalue weighted by molar-refractivity contribution is 5.77. The minimum atomic E-state index is -0.353. The van der Waals surface area contributed by atoms with Crippen LogP contribution in [0, 0.1) is 6.92 Å². The van der Waals surface area contributed by atoms with Crippen molar-refractivity contribution in [1.29, 1.82) is 0 Å². The summed E-state index contributed by atoms with van der Waals surface area (Å²) in [7, 11) is 1.68. The first-order valence-electron chi connectivity index (χ1n) is 10.1. The van der Waals surface area contributed by atoms with Crippen molar-refractivity contribution < 1.29 is 0 Å². The lowest BCUT2D eigenvalue weighted by Crippen LogP contribution is -2.40. The van der Waals surface area contributed by atoms with Crippen LogP contribution in [0.25, 0.3) is 11.2 Å². The van der Waals surface area contributed by atoms with E-state index >= 15 is 0 Å². The topological polar surface area (TPSA) is 65.1 Å². The lowest BCUT2D eigenvalue weighted by molar-refractivity contribution is 0.597. The molecule has 0 unspecified atom stereocenters. The minimum absolute atomic E-state index is 0.240. The molecule has 30 heavy (non-hydrogen) atoms. The van der Waals surface area contributed by atoms with Crippen molar-refractivity contribution >= 4 is 22.8 Å². The monoisotopic (exact) mass is 401 g/mol. The Morgan fingerprint density at radius 2 is 1.70 bits per heavy atom. The van der Waals surface area contributed by atoms with Gasteiger partial charge in [0, 0.05) is 25.8 Å². The highest BCUT2D eigenvalue weighted by atomic mass is 16.2. The molecule has 7 heteroatoms. The zero-order valence-corrected chi connectivity index (χ0v) is 17.1. The van der Waals surface area contributed by atoms with Gasteiger partial charge in [0.15, 0.2) is 11.2 Å². The molecule has 7 nitrogen and oxygen atoms in total. The van der Waals surface area contributed by atoms with Crippen molar-refractivity contribution in [3.63, 3.8) is 0 Å². The van der Waals surface area contributed by atoms with E-state index in [1.54, 1.807) is 7.05 Å². The average Bonchev–Trinajstić information content (AvgIpc) is 3.16. The number of aryl methyl sites for hydroxylation is 3. The molecule has 0 amide bonds. The third-order valence-corrected chi connectivity index (χ3v) is 5.81. The van der Waals surface area contributed by atoms with Crippen molar-refractivity contribution in [1.82, 2.24) is 18.7 Å². The molecule has 0 spiro atoms. The van der Waals surface area contributed by atoms with Gasteiger partial charge in [-0.1, -0.05) is 48.5 Å². The summed E-state index contributed by atoms with van der Waals surface area (Å²) in [5.41, 5.74) is 3.41. The van der Waals surface area contributed by atoms with Gasteiger partial charge >= 0.3 is 5.69 Å². The zero-order valence-electron chi connectivity index (χ0n) is 17.1. The summed E-state index contributed by atoms with van der Waals surface area (Å²) in [4.78, 5) is 33.3. The summed E-state index contributed by atoms with van der Waals surface area (Å²) in [6.07, 6.45) is 0.897. The summed E-state index contributed by atoms with van der Waals surface area (Å²) in [5.74, 6) is 0.718. The second kappa shape index (κ2) is 7.02. The van der Waals surface area contributed by atoms with E-state index in [-0.39, 0.29) is 17.8 Å². The summed E-state index contributed by atoms with van der Waals surface area (Å²) in [6, 6.07) is 17.7. The van der Waals surface area contributed by atoms with Gasteiger partial charge in [0.2, 0.25) is 5.95 Å². The van der Waals surface area contributed by atoms with Gasteiger partial charge in [-0.15, -0.1) is 0 Å². The number of imidazole rings is 1. The van der Waals surface area contributed by atoms with Crippen molar-refractivity contribution in [2.24, 2.45) is 7.05 Å². The normalized spacial score (nSPS) is 13.6. The van der Waals surface area contributed by atoms with Crippen LogP contribution in [0.15, 0.2) is 64.2 Å². The maximum atomic E-state index is 13.4. The molecular weight excluding hydrogens is 378 g/mol. The Morgan fingerprint density at radius 3 is 2.47 bits per heavy atom. The second-order valence-electron chi connectivity index (χ2n) is 7.75. The number of fused-ring (bicyclic) bond motifs is 3. The lowest BCUT2D eigenvalue weighted by Gasteiger charge is -2.30. The van der Waals surface area contributed by atoms with Crippen LogP contribution in [0.5, 0.6) is 0 Å². The van der Waals surface area contributed by atoms with E-state index in [1.807, 2.05) is 47.0 Å². The van der Waals surface area contributed by atoms with Crippen molar-refractivity contribution in [2.45, 2.75) is 26.4 Å². The zero-order chi connectivity index (χ0) is 20.8. The maximum absolute atomic E-state index is 13.4. The van der Waals surface area contributed by atoms with Gasteiger partial charge in [-0.3, -0.25) is 13.9 Å². The SMILES string of the molecule is Cc1ccccc1N1CCCn2c1nc1c2c(=O)n(Cc2ccccc2)c(=O)n1C. The van der Waals surface area contributed by atoms with E-state index in [2.05, 4.69) is 24.0 Å². The molecule has 0 saturated heterocycles. The fraction of sp³-hybridized carbons (Fsp3) is 0.261. The van der Waals surface area contributed by atoms with Gasteiger partial charge in [-0.25, -0.2) is 4.79 Å². The average molecular weight is 401 g/mol. The minimum Gasteiger partial charge on any atom is -0.312 e. The maximum Gasteiger partial charge on any atom is 0.332 e. The predicted octanol–water partition coefficient (Wildman–Crippen LogP) is 2.80. The molecule has 152 valence electrons. The molecule has 2 aromatic heterocycles. The van der Waals surface area contributed by atoms with E-state index < -0.39 is 0 Å². The molecule has 4 aromatic rings. The van der Waals surface area contributed by atoms with E-state index in [0.29, 0.717) is 17.7 Å². The molecule has 3 heterocycles. The van der Waals surface area contributed by atoms with Crippen molar-refractivity contribution in [3.05, 3.63) is 86.6 Å². The van der Waals surface area contributed by atoms with Gasteiger partial charge in [0.05, 0.1) is 6.54 Å². The Balaban J connectivity index is 1.73. The largest absolute Gasteiger partial charge is 0.332 e. The van der Waals surface area contributed by atoms with Crippen LogP contribution < -0.4 is 16.1 Å². The van der Waals surface area contributed by atoms with Crippen LogP contribution in [-0.2, 0) is 20.1 Å². The Labute approximate surface area is 173 Å². The van der Waals surface area contributed by atoms with Gasteiger partial charge in [-0.2, -0.15) is 4.98 Å². The second-order valence-corrected chi connectivity index (χ2v) is 7.75. The summed E-state index contributed by atoms with van der Waals surface area (Å²) in [6.45, 7) is 3.83. The summed E-state index contributed by atoms with van der Waals surface area (Å²) in [5, 5.41) is 0. The summed E-state index contributed by atoms with van der Waals surface area (Å²) < 4.78 is 4.76. The number of aromatic nitrogens is 4. The van der Waals surface area contributed by atoms with E-state index in [0.717, 1.165) is 35.7 Å². The third-order valence-electron chi connectivity index (χ3n) is 5.81. The van der Waals surface area contributed by atoms with E-state index in [1.165, 1.54) is 9.13 Å². The molecule has 0 radical (unpaired) electrons. The van der Waals surface area contributed by atoms with Crippen molar-refractivity contribution in [2.75, 3.05) is 11.4 Å². The first kappa shape index (κ1) is 18.4. The van der Waals surface area contributed by atoms with Crippen LogP contribution in [0.3, 0.4) is 0 Å². The fourth-order valence-corrected chi connectivity index (χ4v) is 4.26. The molecule has 2 aromatic carbocycles. The highest BCUT2D eigenvalue weighted by Gasteiger charge is 2.27. The van der Waals surface area contributed by atoms with Crippen LogP contribution in [0.4, 0.5) is 11.6 Å². The van der Waals surface area contributed by atoms with Gasteiger partial charge < -0.3 is 9.47 Å². The third kappa shape index (κ3) is 2.77. The number of hydrogen-bond donors (Lipinski definition) is 0. The van der Waals surface area contributed by atoms with Gasteiger partial charge in [-0.05, 0) is 30.5 Å². The number of para-hydroxylation sites is 1. The van der Waals surface area contributed by atoms with E-state index in [9.17, 15) is 9.59 Å². The molecule has 1 aliphatic rings. The number of nitrogens with zero attached hydrogens (tertiary/aromatic N) is 5. The Kier molecular flexibility index (Phi) is 4.31. The molecule has 5 rings (SSSR count). The molecule has 0 saturated carbocycles. The fourth-order valence-electron chi connectivity index (χ4n) is 4.26. The van der Waals surface area contributed by atoms with Crippen LogP contribution in [0.1, 0.15) is 17.5 Å². The Hall–Kier alpha value is -3.61. The smallest absolute Gasteiger partial charge is 0.312 e. The predicted molar refractivity (Wildman–Crippen MR) is 118 cm³/mol. The lowest BCUT2D eigenvalue weighted by atomic mass is 10.1. The van der Waals surface area contributed by atoms with Crippen LogP contribution in [0.2, 0.25) is 0 Å². The Morgan fingerprint density at radius 1 is 0.967 bits per heavy atom. The number of benzene rings is 2. The van der Waals surface area contributed by atoms with Gasteiger partial charge in [0.25, 0.3) is 5.56 Å². The Bertz CT molecular complexity index is 1360. The molecule has 1 aliphatic heterocycles. The van der Waals surface area contributed by atoms with Crippen LogP contribution in [-0.4, -0.2) is 25.2 Å². The van der Waals surface area contributed by atoms with Crippen molar-refractivity contribution in [3.8, 4) is 0 Å². The molecule has 0 N–H and O–H groups in total. The first-order valence-corrected chi connectivity index (χ1v) is 10.1. The molecule has 0 fully saturated rings. The number of rotatable bonds is 3.